The molecule has 0 bridgehead atoms. The molecule has 126 valence electrons. The van der Waals surface area contributed by atoms with Gasteiger partial charge in [0, 0.05) is 30.3 Å². The lowest BCUT2D eigenvalue weighted by atomic mass is 9.82. The number of benzene rings is 1. The van der Waals surface area contributed by atoms with E-state index in [4.69, 9.17) is 4.74 Å². The monoisotopic (exact) mass is 328 g/mol. The Kier molecular flexibility index (Phi) is 5.21. The first kappa shape index (κ1) is 17.6. The van der Waals surface area contributed by atoms with Gasteiger partial charge in [-0.15, -0.1) is 0 Å². The second kappa shape index (κ2) is 6.80. The van der Waals surface area contributed by atoms with Crippen LogP contribution in [0.25, 0.3) is 0 Å². The number of halogens is 3. The quantitative estimate of drug-likeness (QED) is 0.596. The molecule has 0 aromatic heterocycles. The molecule has 7 heteroatoms. The van der Waals surface area contributed by atoms with Gasteiger partial charge in [0.15, 0.2) is 5.60 Å². The highest BCUT2D eigenvalue weighted by molar-refractivity contribution is 5.78. The van der Waals surface area contributed by atoms with Crippen molar-refractivity contribution in [3.05, 3.63) is 34.9 Å². The van der Waals surface area contributed by atoms with Crippen molar-refractivity contribution in [1.82, 2.24) is 4.90 Å². The summed E-state index contributed by atoms with van der Waals surface area (Å²) in [6.45, 7) is 1.02. The predicted molar refractivity (Wildman–Crippen MR) is 80.9 cm³/mol. The number of hydrogen-bond donors (Lipinski definition) is 0. The van der Waals surface area contributed by atoms with Gasteiger partial charge in [0.2, 0.25) is 0 Å². The van der Waals surface area contributed by atoms with Crippen molar-refractivity contribution >= 4 is 12.5 Å². The maximum atomic E-state index is 13.3. The van der Waals surface area contributed by atoms with Gasteiger partial charge >= 0.3 is 6.18 Å². The summed E-state index contributed by atoms with van der Waals surface area (Å²) in [6, 6.07) is 4.34. The van der Waals surface area contributed by atoms with Gasteiger partial charge in [-0.1, -0.05) is 12.1 Å². The highest BCUT2D eigenvalue weighted by Gasteiger charge is 2.62. The van der Waals surface area contributed by atoms with Crippen LogP contribution >= 0.6 is 0 Å². The lowest BCUT2D eigenvalue weighted by Gasteiger charge is -2.43. The van der Waals surface area contributed by atoms with Gasteiger partial charge in [-0.25, -0.2) is 0 Å². The summed E-state index contributed by atoms with van der Waals surface area (Å²) in [6.07, 6.45) is -2.55. The van der Waals surface area contributed by atoms with Crippen molar-refractivity contribution in [1.29, 1.82) is 0 Å². The number of alkyl halides is 3. The van der Waals surface area contributed by atoms with Gasteiger partial charge < -0.3 is 9.64 Å². The Morgan fingerprint density at radius 1 is 1.39 bits per heavy atom. The van der Waals surface area contributed by atoms with Gasteiger partial charge in [0.25, 0.3) is 0 Å². The van der Waals surface area contributed by atoms with E-state index in [1.807, 2.05) is 19.0 Å². The molecule has 23 heavy (non-hydrogen) atoms. The maximum Gasteiger partial charge on any atom is 0.421 e. The molecule has 1 aromatic carbocycles. The minimum Gasteiger partial charge on any atom is -0.361 e. The van der Waals surface area contributed by atoms with Crippen molar-refractivity contribution in [3.8, 4) is 0 Å². The van der Waals surface area contributed by atoms with Crippen LogP contribution in [0.15, 0.2) is 23.2 Å². The molecule has 2 rings (SSSR count). The Morgan fingerprint density at radius 3 is 2.57 bits per heavy atom. The third-order valence-electron chi connectivity index (χ3n) is 3.79. The third kappa shape index (κ3) is 3.61. The van der Waals surface area contributed by atoms with Crippen LogP contribution in [-0.2, 0) is 16.9 Å². The molecule has 4 nitrogen and oxygen atoms in total. The van der Waals surface area contributed by atoms with Crippen LogP contribution in [0.4, 0.5) is 13.2 Å². The molecule has 0 amide bonds. The number of carbonyl (C=O) groups is 1. The Balaban J connectivity index is 2.24. The van der Waals surface area contributed by atoms with Crippen LogP contribution < -0.4 is 0 Å². The Labute approximate surface area is 133 Å². The minimum absolute atomic E-state index is 0.00216. The lowest BCUT2D eigenvalue weighted by molar-refractivity contribution is -0.333. The zero-order valence-electron chi connectivity index (χ0n) is 13.1. The molecule has 1 unspecified atom stereocenters. The van der Waals surface area contributed by atoms with Crippen molar-refractivity contribution in [3.63, 3.8) is 0 Å². The van der Waals surface area contributed by atoms with Crippen LogP contribution in [0.2, 0.25) is 0 Å². The Hall–Kier alpha value is -1.73. The van der Waals surface area contributed by atoms with E-state index in [9.17, 15) is 18.0 Å². The molecule has 1 aliphatic heterocycles. The molecule has 1 atom stereocenters. The number of aldehydes is 1. The average molecular weight is 328 g/mol. The topological polar surface area (TPSA) is 41.9 Å². The summed E-state index contributed by atoms with van der Waals surface area (Å²) in [5.74, 6) is 0. The second-order valence-corrected chi connectivity index (χ2v) is 5.75. The first-order chi connectivity index (χ1) is 10.8. The number of ether oxygens (including phenoxy) is 1. The van der Waals surface area contributed by atoms with Gasteiger partial charge in [-0.05, 0) is 25.7 Å². The van der Waals surface area contributed by atoms with Gasteiger partial charge in [0.05, 0.1) is 13.2 Å². The van der Waals surface area contributed by atoms with E-state index in [0.29, 0.717) is 24.9 Å². The Morgan fingerprint density at radius 2 is 2.09 bits per heavy atom. The van der Waals surface area contributed by atoms with Crippen molar-refractivity contribution in [2.45, 2.75) is 24.7 Å². The highest BCUT2D eigenvalue weighted by Crippen LogP contribution is 2.50. The van der Waals surface area contributed by atoms with E-state index >= 15 is 0 Å². The van der Waals surface area contributed by atoms with Crippen LogP contribution in [0.5, 0.6) is 0 Å². The Bertz CT molecular complexity index is 593. The fraction of sp³-hybridized carbons (Fsp3) is 0.500. The molecule has 1 fully saturated rings. The SMILES string of the molecule is CN(C)C/C=N/Cc1ccc(C2(C(F)(F)F)CCO2)c(C=O)c1. The predicted octanol–water partition coefficient (Wildman–Crippen LogP) is 2.81. The van der Waals surface area contributed by atoms with Crippen LogP contribution in [-0.4, -0.2) is 50.8 Å². The van der Waals surface area contributed by atoms with Crippen molar-refractivity contribution < 1.29 is 22.7 Å². The molecule has 0 spiro atoms. The molecular weight excluding hydrogens is 309 g/mol. The van der Waals surface area contributed by atoms with E-state index in [0.717, 1.165) is 0 Å². The standard InChI is InChI=1S/C16H19F3N2O2/c1-21(2)7-6-20-10-12-3-4-14(13(9-12)11-22)15(5-8-23-15)16(17,18)19/h3-4,6,9,11H,5,7-8,10H2,1-2H3/b20-6+. The van der Waals surface area contributed by atoms with E-state index in [1.54, 1.807) is 12.3 Å². The second-order valence-electron chi connectivity index (χ2n) is 5.75. The van der Waals surface area contributed by atoms with E-state index in [1.165, 1.54) is 12.1 Å². The number of carbonyl (C=O) groups excluding carboxylic acids is 1. The summed E-state index contributed by atoms with van der Waals surface area (Å²) < 4.78 is 44.8. The zero-order chi connectivity index (χ0) is 17.1. The average Bonchev–Trinajstić information content (AvgIpc) is 2.41. The van der Waals surface area contributed by atoms with Crippen LogP contribution in [0, 0.1) is 0 Å². The molecule has 0 radical (unpaired) electrons. The molecule has 1 aliphatic rings. The molecule has 1 aromatic rings. The van der Waals surface area contributed by atoms with Crippen molar-refractivity contribution in [2.24, 2.45) is 4.99 Å². The maximum absolute atomic E-state index is 13.3. The first-order valence-corrected chi connectivity index (χ1v) is 7.22. The van der Waals surface area contributed by atoms with Gasteiger partial charge in [-0.3, -0.25) is 9.79 Å². The number of aliphatic imine (C=N–C) groups is 1. The summed E-state index contributed by atoms with van der Waals surface area (Å²) in [5.41, 5.74) is -1.78. The summed E-state index contributed by atoms with van der Waals surface area (Å²) in [5, 5.41) is 0. The fourth-order valence-electron chi connectivity index (χ4n) is 2.46. The smallest absolute Gasteiger partial charge is 0.361 e. The highest BCUT2D eigenvalue weighted by atomic mass is 19.4. The number of nitrogens with zero attached hydrogens (tertiary/aromatic N) is 2. The zero-order valence-corrected chi connectivity index (χ0v) is 13.1. The van der Waals surface area contributed by atoms with Gasteiger partial charge in [-0.2, -0.15) is 13.2 Å². The molecule has 1 saturated heterocycles. The molecular formula is C16H19F3N2O2. The largest absolute Gasteiger partial charge is 0.421 e. The van der Waals surface area contributed by atoms with Crippen molar-refractivity contribution in [2.75, 3.05) is 27.2 Å². The number of rotatable bonds is 6. The third-order valence-corrected chi connectivity index (χ3v) is 3.79. The van der Waals surface area contributed by atoms with E-state index in [-0.39, 0.29) is 24.2 Å². The van der Waals surface area contributed by atoms with Crippen LogP contribution in [0.3, 0.4) is 0 Å². The summed E-state index contributed by atoms with van der Waals surface area (Å²) in [4.78, 5) is 17.4. The summed E-state index contributed by atoms with van der Waals surface area (Å²) in [7, 11) is 3.81. The normalized spacial score (nSPS) is 21.7. The van der Waals surface area contributed by atoms with Crippen LogP contribution in [0.1, 0.15) is 27.9 Å². The van der Waals surface area contributed by atoms with Gasteiger partial charge in [0.1, 0.15) is 6.29 Å². The first-order valence-electron chi connectivity index (χ1n) is 7.22. The molecule has 0 aliphatic carbocycles. The summed E-state index contributed by atoms with van der Waals surface area (Å²) >= 11 is 0. The molecule has 1 heterocycles. The van der Waals surface area contributed by atoms with E-state index < -0.39 is 11.8 Å². The molecule has 0 N–H and O–H groups in total. The fourth-order valence-corrected chi connectivity index (χ4v) is 2.46. The minimum atomic E-state index is -4.55. The lowest BCUT2D eigenvalue weighted by Crippen LogP contribution is -2.53. The van der Waals surface area contributed by atoms with E-state index in [2.05, 4.69) is 4.99 Å². The molecule has 0 saturated carbocycles. The number of hydrogen-bond acceptors (Lipinski definition) is 4.